The molecule has 3 aromatic rings. The van der Waals surface area contributed by atoms with Crippen LogP contribution in [0.4, 0.5) is 5.00 Å². The number of nitriles is 2. The molecule has 1 N–H and O–H groups in total. The summed E-state index contributed by atoms with van der Waals surface area (Å²) in [5.41, 5.74) is 3.48. The SMILES string of the molecule is Cc1ccc(-c2ccc(/C=C(/C#N)C(=O)Nc3sc4c(c3C#N)CCCC4)o2)c(Br)c1. The summed E-state index contributed by atoms with van der Waals surface area (Å²) in [6.45, 7) is 2.00. The smallest absolute Gasteiger partial charge is 0.267 e. The highest BCUT2D eigenvalue weighted by Gasteiger charge is 2.23. The maximum absolute atomic E-state index is 12.7. The molecule has 0 unspecified atom stereocenters. The van der Waals surface area contributed by atoms with Crippen molar-refractivity contribution in [3.63, 3.8) is 0 Å². The van der Waals surface area contributed by atoms with Gasteiger partial charge in [0.2, 0.25) is 0 Å². The zero-order valence-corrected chi connectivity index (χ0v) is 19.2. The number of hydrogen-bond donors (Lipinski definition) is 1. The van der Waals surface area contributed by atoms with Crippen molar-refractivity contribution in [1.82, 2.24) is 0 Å². The minimum Gasteiger partial charge on any atom is -0.457 e. The molecule has 0 radical (unpaired) electrons. The number of hydrogen-bond acceptors (Lipinski definition) is 5. The summed E-state index contributed by atoms with van der Waals surface area (Å²) < 4.78 is 6.75. The highest BCUT2D eigenvalue weighted by atomic mass is 79.9. The fraction of sp³-hybridized carbons (Fsp3) is 0.208. The maximum atomic E-state index is 12.7. The van der Waals surface area contributed by atoms with Gasteiger partial charge in [-0.15, -0.1) is 11.3 Å². The summed E-state index contributed by atoms with van der Waals surface area (Å²) >= 11 is 4.97. The summed E-state index contributed by atoms with van der Waals surface area (Å²) in [4.78, 5) is 13.9. The number of carbonyl (C=O) groups is 1. The molecule has 0 bridgehead atoms. The monoisotopic (exact) mass is 491 g/mol. The number of carbonyl (C=O) groups excluding carboxylic acids is 1. The van der Waals surface area contributed by atoms with Gasteiger partial charge in [0.1, 0.15) is 34.2 Å². The van der Waals surface area contributed by atoms with E-state index >= 15 is 0 Å². The summed E-state index contributed by atoms with van der Waals surface area (Å²) in [6.07, 6.45) is 5.34. The van der Waals surface area contributed by atoms with Gasteiger partial charge in [-0.3, -0.25) is 4.79 Å². The Hall–Kier alpha value is -3.13. The average molecular weight is 492 g/mol. The minimum absolute atomic E-state index is 0.0841. The van der Waals surface area contributed by atoms with Gasteiger partial charge >= 0.3 is 0 Å². The number of rotatable bonds is 4. The lowest BCUT2D eigenvalue weighted by molar-refractivity contribution is -0.112. The lowest BCUT2D eigenvalue weighted by Gasteiger charge is -2.09. The third-order valence-corrected chi connectivity index (χ3v) is 7.04. The quantitative estimate of drug-likeness (QED) is 0.338. The van der Waals surface area contributed by atoms with Gasteiger partial charge in [0, 0.05) is 21.0 Å². The van der Waals surface area contributed by atoms with Crippen LogP contribution >= 0.6 is 27.3 Å². The average Bonchev–Trinajstić information content (AvgIpc) is 3.35. The first-order valence-electron chi connectivity index (χ1n) is 9.84. The molecule has 2 aromatic heterocycles. The second kappa shape index (κ2) is 8.93. The van der Waals surface area contributed by atoms with Crippen LogP contribution in [0, 0.1) is 29.6 Å². The fourth-order valence-electron chi connectivity index (χ4n) is 3.63. The van der Waals surface area contributed by atoms with Gasteiger partial charge in [-0.05, 0) is 68.0 Å². The molecule has 7 heteroatoms. The van der Waals surface area contributed by atoms with Crippen molar-refractivity contribution in [2.24, 2.45) is 0 Å². The predicted octanol–water partition coefficient (Wildman–Crippen LogP) is 6.38. The van der Waals surface area contributed by atoms with E-state index in [1.807, 2.05) is 31.2 Å². The standard InChI is InChI=1S/C24H18BrN3O2S/c1-14-6-8-18(20(25)10-14)21-9-7-16(30-21)11-15(12-26)23(29)28-24-19(13-27)17-4-2-3-5-22(17)31-24/h6-11H,2-5H2,1H3,(H,28,29)/b15-11-. The zero-order valence-electron chi connectivity index (χ0n) is 16.8. The van der Waals surface area contributed by atoms with Crippen LogP contribution in [-0.4, -0.2) is 5.91 Å². The number of fused-ring (bicyclic) bond motifs is 1. The van der Waals surface area contributed by atoms with E-state index in [4.69, 9.17) is 4.42 Å². The number of nitrogens with zero attached hydrogens (tertiary/aromatic N) is 2. The topological polar surface area (TPSA) is 89.8 Å². The van der Waals surface area contributed by atoms with Gasteiger partial charge in [-0.25, -0.2) is 0 Å². The van der Waals surface area contributed by atoms with Crippen molar-refractivity contribution in [1.29, 1.82) is 10.5 Å². The van der Waals surface area contributed by atoms with Gasteiger partial charge in [-0.2, -0.15) is 10.5 Å². The lowest BCUT2D eigenvalue weighted by Crippen LogP contribution is -2.13. The molecule has 1 amide bonds. The van der Waals surface area contributed by atoms with Gasteiger partial charge < -0.3 is 9.73 Å². The molecule has 4 rings (SSSR count). The van der Waals surface area contributed by atoms with Gasteiger partial charge in [-0.1, -0.05) is 22.0 Å². The normalized spacial score (nSPS) is 13.2. The summed E-state index contributed by atoms with van der Waals surface area (Å²) in [7, 11) is 0. The Balaban J connectivity index is 1.58. The summed E-state index contributed by atoms with van der Waals surface area (Å²) in [5, 5.41) is 22.4. The van der Waals surface area contributed by atoms with E-state index in [1.54, 1.807) is 12.1 Å². The van der Waals surface area contributed by atoms with Crippen molar-refractivity contribution in [2.75, 3.05) is 5.32 Å². The molecule has 1 aliphatic carbocycles. The van der Waals surface area contributed by atoms with Crippen molar-refractivity contribution in [3.05, 3.63) is 67.7 Å². The number of benzene rings is 1. The molecule has 0 saturated carbocycles. The molecule has 1 aromatic carbocycles. The third kappa shape index (κ3) is 4.34. The van der Waals surface area contributed by atoms with E-state index < -0.39 is 5.91 Å². The first kappa shape index (κ1) is 21.1. The molecular formula is C24H18BrN3O2S. The molecule has 0 atom stereocenters. The molecule has 2 heterocycles. The number of anilines is 1. The Morgan fingerprint density at radius 3 is 2.77 bits per heavy atom. The molecule has 0 spiro atoms. The fourth-order valence-corrected chi connectivity index (χ4v) is 5.55. The van der Waals surface area contributed by atoms with E-state index in [0.717, 1.165) is 51.7 Å². The maximum Gasteiger partial charge on any atom is 0.267 e. The molecule has 31 heavy (non-hydrogen) atoms. The van der Waals surface area contributed by atoms with Gasteiger partial charge in [0.25, 0.3) is 5.91 Å². The van der Waals surface area contributed by atoms with E-state index in [1.165, 1.54) is 17.4 Å². The molecule has 0 fully saturated rings. The van der Waals surface area contributed by atoms with Crippen LogP contribution in [0.1, 0.15) is 40.2 Å². The van der Waals surface area contributed by atoms with Gasteiger partial charge in [0.05, 0.1) is 5.56 Å². The number of aryl methyl sites for hydroxylation is 2. The first-order chi connectivity index (χ1) is 15.0. The lowest BCUT2D eigenvalue weighted by atomic mass is 9.96. The van der Waals surface area contributed by atoms with Crippen molar-refractivity contribution >= 4 is 44.3 Å². The van der Waals surface area contributed by atoms with Crippen LogP contribution < -0.4 is 5.32 Å². The van der Waals surface area contributed by atoms with Crippen molar-refractivity contribution in [2.45, 2.75) is 32.6 Å². The second-order valence-electron chi connectivity index (χ2n) is 7.34. The number of amides is 1. The first-order valence-corrected chi connectivity index (χ1v) is 11.4. The minimum atomic E-state index is -0.549. The second-order valence-corrected chi connectivity index (χ2v) is 9.30. The van der Waals surface area contributed by atoms with E-state index in [0.29, 0.717) is 22.1 Å². The van der Waals surface area contributed by atoms with Crippen LogP contribution in [0.25, 0.3) is 17.4 Å². The number of thiophene rings is 1. The zero-order chi connectivity index (χ0) is 22.0. The molecular weight excluding hydrogens is 474 g/mol. The van der Waals surface area contributed by atoms with Crippen LogP contribution in [0.3, 0.4) is 0 Å². The Bertz CT molecular complexity index is 1290. The third-order valence-electron chi connectivity index (χ3n) is 5.18. The van der Waals surface area contributed by atoms with Gasteiger partial charge in [0.15, 0.2) is 0 Å². The van der Waals surface area contributed by atoms with E-state index in [-0.39, 0.29) is 5.57 Å². The van der Waals surface area contributed by atoms with E-state index in [2.05, 4.69) is 27.3 Å². The van der Waals surface area contributed by atoms with Crippen LogP contribution in [0.5, 0.6) is 0 Å². The molecule has 0 saturated heterocycles. The van der Waals surface area contributed by atoms with Crippen LogP contribution in [0.2, 0.25) is 0 Å². The highest BCUT2D eigenvalue weighted by Crippen LogP contribution is 2.38. The van der Waals surface area contributed by atoms with Crippen LogP contribution in [-0.2, 0) is 17.6 Å². The molecule has 1 aliphatic rings. The molecule has 5 nitrogen and oxygen atoms in total. The predicted molar refractivity (Wildman–Crippen MR) is 124 cm³/mol. The van der Waals surface area contributed by atoms with Crippen LogP contribution in [0.15, 0.2) is 44.8 Å². The van der Waals surface area contributed by atoms with Crippen molar-refractivity contribution < 1.29 is 9.21 Å². The Morgan fingerprint density at radius 2 is 2.03 bits per heavy atom. The van der Waals surface area contributed by atoms with Crippen molar-refractivity contribution in [3.8, 4) is 23.5 Å². The highest BCUT2D eigenvalue weighted by molar-refractivity contribution is 9.10. The summed E-state index contributed by atoms with van der Waals surface area (Å²) in [6, 6.07) is 13.6. The Morgan fingerprint density at radius 1 is 1.23 bits per heavy atom. The summed E-state index contributed by atoms with van der Waals surface area (Å²) in [5.74, 6) is 0.487. The number of furan rings is 1. The Kier molecular flexibility index (Phi) is 6.08. The number of nitrogens with one attached hydrogen (secondary N) is 1. The van der Waals surface area contributed by atoms with E-state index in [9.17, 15) is 15.3 Å². The largest absolute Gasteiger partial charge is 0.457 e. The number of halogens is 1. The Labute approximate surface area is 192 Å². The molecule has 154 valence electrons. The molecule has 0 aliphatic heterocycles.